The van der Waals surface area contributed by atoms with E-state index in [2.05, 4.69) is 46.8 Å². The van der Waals surface area contributed by atoms with Crippen LogP contribution in [0.4, 0.5) is 0 Å². The maximum Gasteiger partial charge on any atom is 0.337 e. The minimum absolute atomic E-state index is 0.123. The second-order valence-electron chi connectivity index (χ2n) is 7.17. The lowest BCUT2D eigenvalue weighted by Crippen LogP contribution is -2.12. The van der Waals surface area contributed by atoms with Gasteiger partial charge in [-0.15, -0.1) is 0 Å². The van der Waals surface area contributed by atoms with Crippen molar-refractivity contribution in [3.8, 4) is 5.75 Å². The lowest BCUT2D eigenvalue weighted by Gasteiger charge is -2.22. The van der Waals surface area contributed by atoms with Crippen molar-refractivity contribution in [2.75, 3.05) is 7.11 Å². The largest absolute Gasteiger partial charge is 0.488 e. The minimum Gasteiger partial charge on any atom is -0.488 e. The standard InChI is InChI=1S/C21H26O3/c1-14-11-18(21(3,4)5)12-15(2)19(14)24-13-16-7-9-17(10-8-16)20(22)23-6/h7-12H,13H2,1-6H3. The molecule has 0 unspecified atom stereocenters. The molecule has 0 N–H and O–H groups in total. The second kappa shape index (κ2) is 7.08. The van der Waals surface area contributed by atoms with Crippen LogP contribution in [0.5, 0.6) is 5.75 Å². The molecule has 0 aliphatic rings. The highest BCUT2D eigenvalue weighted by Gasteiger charge is 2.17. The summed E-state index contributed by atoms with van der Waals surface area (Å²) in [4.78, 5) is 11.5. The molecule has 0 fully saturated rings. The molecule has 0 aliphatic carbocycles. The van der Waals surface area contributed by atoms with Gasteiger partial charge in [-0.25, -0.2) is 4.79 Å². The Bertz CT molecular complexity index is 699. The number of benzene rings is 2. The van der Waals surface area contributed by atoms with Crippen molar-refractivity contribution >= 4 is 5.97 Å². The van der Waals surface area contributed by atoms with Gasteiger partial charge >= 0.3 is 5.97 Å². The highest BCUT2D eigenvalue weighted by atomic mass is 16.5. The number of methoxy groups -OCH3 is 1. The van der Waals surface area contributed by atoms with Crippen LogP contribution in [0.25, 0.3) is 0 Å². The van der Waals surface area contributed by atoms with Crippen LogP contribution in [-0.2, 0) is 16.8 Å². The fourth-order valence-corrected chi connectivity index (χ4v) is 2.62. The number of carbonyl (C=O) groups is 1. The van der Waals surface area contributed by atoms with E-state index in [-0.39, 0.29) is 11.4 Å². The molecule has 2 aromatic rings. The van der Waals surface area contributed by atoms with Gasteiger partial charge in [-0.2, -0.15) is 0 Å². The van der Waals surface area contributed by atoms with Gasteiger partial charge in [0.1, 0.15) is 12.4 Å². The molecule has 0 saturated carbocycles. The van der Waals surface area contributed by atoms with Gasteiger partial charge in [0.05, 0.1) is 12.7 Å². The molecule has 3 heteroatoms. The van der Waals surface area contributed by atoms with Crippen molar-refractivity contribution in [3.63, 3.8) is 0 Å². The van der Waals surface area contributed by atoms with Crippen LogP contribution in [0.3, 0.4) is 0 Å². The third-order valence-corrected chi connectivity index (χ3v) is 4.08. The first kappa shape index (κ1) is 18.1. The van der Waals surface area contributed by atoms with Gasteiger partial charge in [0, 0.05) is 0 Å². The number of carbonyl (C=O) groups excluding carboxylic acids is 1. The Balaban J connectivity index is 2.13. The van der Waals surface area contributed by atoms with Crippen LogP contribution >= 0.6 is 0 Å². The van der Waals surface area contributed by atoms with Gasteiger partial charge in [0.15, 0.2) is 0 Å². The first-order valence-corrected chi connectivity index (χ1v) is 8.14. The van der Waals surface area contributed by atoms with Crippen molar-refractivity contribution in [2.24, 2.45) is 0 Å². The summed E-state index contributed by atoms with van der Waals surface area (Å²) in [7, 11) is 1.38. The van der Waals surface area contributed by atoms with E-state index in [1.54, 1.807) is 12.1 Å². The molecule has 3 nitrogen and oxygen atoms in total. The van der Waals surface area contributed by atoms with Gasteiger partial charge in [-0.3, -0.25) is 0 Å². The fourth-order valence-electron chi connectivity index (χ4n) is 2.62. The first-order valence-electron chi connectivity index (χ1n) is 8.14. The maximum atomic E-state index is 11.5. The maximum absolute atomic E-state index is 11.5. The van der Waals surface area contributed by atoms with Crippen LogP contribution in [0, 0.1) is 13.8 Å². The number of hydrogen-bond acceptors (Lipinski definition) is 3. The molecule has 0 bridgehead atoms. The molecule has 2 aromatic carbocycles. The number of esters is 1. The Labute approximate surface area is 144 Å². The monoisotopic (exact) mass is 326 g/mol. The van der Waals surface area contributed by atoms with E-state index in [0.29, 0.717) is 12.2 Å². The van der Waals surface area contributed by atoms with Crippen LogP contribution in [0.1, 0.15) is 53.4 Å². The lowest BCUT2D eigenvalue weighted by molar-refractivity contribution is 0.0600. The van der Waals surface area contributed by atoms with E-state index in [0.717, 1.165) is 22.4 Å². The first-order chi connectivity index (χ1) is 11.2. The van der Waals surface area contributed by atoms with Gasteiger partial charge < -0.3 is 9.47 Å². The summed E-state index contributed by atoms with van der Waals surface area (Å²) in [6.45, 7) is 11.3. The molecule has 0 spiro atoms. The summed E-state index contributed by atoms with van der Waals surface area (Å²) in [5, 5.41) is 0. The zero-order valence-corrected chi connectivity index (χ0v) is 15.4. The van der Waals surface area contributed by atoms with Crippen molar-refractivity contribution in [1.29, 1.82) is 0 Å². The second-order valence-corrected chi connectivity index (χ2v) is 7.17. The van der Waals surface area contributed by atoms with E-state index in [9.17, 15) is 4.79 Å². The molecule has 0 aromatic heterocycles. The Kier molecular flexibility index (Phi) is 5.33. The van der Waals surface area contributed by atoms with Gasteiger partial charge in [-0.05, 0) is 53.6 Å². The highest BCUT2D eigenvalue weighted by molar-refractivity contribution is 5.89. The number of ether oxygens (including phenoxy) is 2. The third-order valence-electron chi connectivity index (χ3n) is 4.08. The molecule has 0 aliphatic heterocycles. The molecular formula is C21H26O3. The molecule has 24 heavy (non-hydrogen) atoms. The molecule has 128 valence electrons. The van der Waals surface area contributed by atoms with Gasteiger partial charge in [0.25, 0.3) is 0 Å². The molecular weight excluding hydrogens is 300 g/mol. The van der Waals surface area contributed by atoms with Crippen molar-refractivity contribution in [3.05, 3.63) is 64.2 Å². The lowest BCUT2D eigenvalue weighted by atomic mass is 9.85. The van der Waals surface area contributed by atoms with E-state index < -0.39 is 0 Å². The number of aryl methyl sites for hydroxylation is 2. The fraction of sp³-hybridized carbons (Fsp3) is 0.381. The third kappa shape index (κ3) is 4.16. The quantitative estimate of drug-likeness (QED) is 0.744. The topological polar surface area (TPSA) is 35.5 Å². The summed E-state index contributed by atoms with van der Waals surface area (Å²) in [6.07, 6.45) is 0. The van der Waals surface area contributed by atoms with Crippen molar-refractivity contribution < 1.29 is 14.3 Å². The van der Waals surface area contributed by atoms with Crippen LogP contribution in [-0.4, -0.2) is 13.1 Å². The zero-order valence-electron chi connectivity index (χ0n) is 15.4. The van der Waals surface area contributed by atoms with Gasteiger partial charge in [-0.1, -0.05) is 45.0 Å². The van der Waals surface area contributed by atoms with Crippen LogP contribution in [0.2, 0.25) is 0 Å². The summed E-state index contributed by atoms with van der Waals surface area (Å²) in [6, 6.07) is 11.7. The van der Waals surface area contributed by atoms with Crippen LogP contribution < -0.4 is 4.74 Å². The van der Waals surface area contributed by atoms with Crippen molar-refractivity contribution in [2.45, 2.75) is 46.6 Å². The summed E-state index contributed by atoms with van der Waals surface area (Å²) >= 11 is 0. The zero-order chi connectivity index (χ0) is 17.9. The molecule has 0 amide bonds. The van der Waals surface area contributed by atoms with E-state index in [4.69, 9.17) is 9.47 Å². The van der Waals surface area contributed by atoms with E-state index >= 15 is 0 Å². The van der Waals surface area contributed by atoms with E-state index in [1.165, 1.54) is 12.7 Å². The Morgan fingerprint density at radius 2 is 1.54 bits per heavy atom. The minimum atomic E-state index is -0.327. The smallest absolute Gasteiger partial charge is 0.337 e. The average molecular weight is 326 g/mol. The Morgan fingerprint density at radius 3 is 2.00 bits per heavy atom. The predicted molar refractivity (Wildman–Crippen MR) is 96.7 cm³/mol. The SMILES string of the molecule is COC(=O)c1ccc(COc2c(C)cc(C(C)(C)C)cc2C)cc1. The molecule has 0 atom stereocenters. The normalized spacial score (nSPS) is 11.2. The Hall–Kier alpha value is -2.29. The highest BCUT2D eigenvalue weighted by Crippen LogP contribution is 2.31. The summed E-state index contributed by atoms with van der Waals surface area (Å²) in [5.74, 6) is 0.604. The molecule has 0 heterocycles. The predicted octanol–water partition coefficient (Wildman–Crippen LogP) is 4.97. The number of rotatable bonds is 4. The summed E-state index contributed by atoms with van der Waals surface area (Å²) < 4.78 is 10.7. The van der Waals surface area contributed by atoms with Crippen molar-refractivity contribution in [1.82, 2.24) is 0 Å². The average Bonchev–Trinajstić information content (AvgIpc) is 2.53. The van der Waals surface area contributed by atoms with Crippen LogP contribution in [0.15, 0.2) is 36.4 Å². The molecule has 0 radical (unpaired) electrons. The number of hydrogen-bond donors (Lipinski definition) is 0. The molecule has 0 saturated heterocycles. The summed E-state index contributed by atoms with van der Waals surface area (Å²) in [5.41, 5.74) is 5.28. The molecule has 2 rings (SSSR count). The Morgan fingerprint density at radius 1 is 1.00 bits per heavy atom. The van der Waals surface area contributed by atoms with E-state index in [1.807, 2.05) is 12.1 Å². The van der Waals surface area contributed by atoms with Gasteiger partial charge in [0.2, 0.25) is 0 Å².